The van der Waals surface area contributed by atoms with Gasteiger partial charge < -0.3 is 9.47 Å². The molecule has 0 radical (unpaired) electrons. The molecule has 0 heterocycles. The second-order valence-electron chi connectivity index (χ2n) is 7.23. The van der Waals surface area contributed by atoms with Crippen molar-refractivity contribution in [3.63, 3.8) is 0 Å². The van der Waals surface area contributed by atoms with E-state index < -0.39 is 0 Å². The van der Waals surface area contributed by atoms with Gasteiger partial charge in [-0.2, -0.15) is 0 Å². The fourth-order valence-electron chi connectivity index (χ4n) is 3.86. The number of benzene rings is 3. The topological polar surface area (TPSA) is 18.5 Å². The predicted octanol–water partition coefficient (Wildman–Crippen LogP) is 6.58. The molecule has 140 valence electrons. The summed E-state index contributed by atoms with van der Waals surface area (Å²) in [7, 11) is 3.43. The van der Waals surface area contributed by atoms with Crippen molar-refractivity contribution >= 4 is 0 Å². The summed E-state index contributed by atoms with van der Waals surface area (Å²) in [4.78, 5) is 0. The smallest absolute Gasteiger partial charge is 0.121 e. The lowest BCUT2D eigenvalue weighted by Crippen LogP contribution is -1.97. The van der Waals surface area contributed by atoms with E-state index in [2.05, 4.69) is 77.1 Å². The minimum atomic E-state index is 0.922. The average molecular weight is 360 g/mol. The number of aryl methyl sites for hydroxylation is 3. The highest BCUT2D eigenvalue weighted by Crippen LogP contribution is 2.38. The van der Waals surface area contributed by atoms with E-state index in [4.69, 9.17) is 9.47 Å². The van der Waals surface area contributed by atoms with Gasteiger partial charge in [0.05, 0.1) is 14.2 Å². The molecule has 0 atom stereocenters. The van der Waals surface area contributed by atoms with E-state index in [1.54, 1.807) is 14.2 Å². The molecule has 0 saturated carbocycles. The molecule has 0 aromatic heterocycles. The van der Waals surface area contributed by atoms with E-state index in [1.807, 2.05) is 0 Å². The minimum Gasteiger partial charge on any atom is -0.496 e. The minimum absolute atomic E-state index is 0.922. The summed E-state index contributed by atoms with van der Waals surface area (Å²) in [6.45, 7) is 10.8. The lowest BCUT2D eigenvalue weighted by atomic mass is 9.86. The first kappa shape index (κ1) is 19.0. The van der Waals surface area contributed by atoms with Gasteiger partial charge in [-0.3, -0.25) is 0 Å². The van der Waals surface area contributed by atoms with Gasteiger partial charge >= 0.3 is 0 Å². The van der Waals surface area contributed by atoms with Crippen LogP contribution in [0.15, 0.2) is 42.5 Å². The molecule has 0 bridgehead atoms. The van der Waals surface area contributed by atoms with E-state index in [-0.39, 0.29) is 0 Å². The van der Waals surface area contributed by atoms with Crippen molar-refractivity contribution in [1.29, 1.82) is 0 Å². The van der Waals surface area contributed by atoms with Crippen molar-refractivity contribution < 1.29 is 9.47 Å². The highest BCUT2D eigenvalue weighted by Gasteiger charge is 2.15. The van der Waals surface area contributed by atoms with Gasteiger partial charge in [-0.1, -0.05) is 18.2 Å². The van der Waals surface area contributed by atoms with E-state index in [0.29, 0.717) is 0 Å². The molecule has 0 aliphatic rings. The zero-order chi connectivity index (χ0) is 19.7. The Morgan fingerprint density at radius 2 is 1.07 bits per heavy atom. The molecule has 3 aromatic rings. The third-order valence-electron chi connectivity index (χ3n) is 5.50. The molecule has 0 aliphatic heterocycles. The van der Waals surface area contributed by atoms with E-state index >= 15 is 0 Å². The Labute approximate surface area is 162 Å². The Morgan fingerprint density at radius 1 is 0.556 bits per heavy atom. The van der Waals surface area contributed by atoms with E-state index in [9.17, 15) is 0 Å². The molecule has 0 spiro atoms. The summed E-state index contributed by atoms with van der Waals surface area (Å²) in [6.07, 6.45) is 0. The zero-order valence-corrected chi connectivity index (χ0v) is 17.4. The second kappa shape index (κ2) is 7.48. The Morgan fingerprint density at radius 3 is 1.59 bits per heavy atom. The molecular formula is C25H28O2. The van der Waals surface area contributed by atoms with Gasteiger partial charge in [-0.25, -0.2) is 0 Å². The van der Waals surface area contributed by atoms with Crippen molar-refractivity contribution in [2.75, 3.05) is 14.2 Å². The molecular weight excluding hydrogens is 332 g/mol. The van der Waals surface area contributed by atoms with Crippen LogP contribution in [0.4, 0.5) is 0 Å². The van der Waals surface area contributed by atoms with Crippen LogP contribution in [0.25, 0.3) is 22.3 Å². The maximum Gasteiger partial charge on any atom is 0.121 e. The summed E-state index contributed by atoms with van der Waals surface area (Å²) < 4.78 is 10.9. The van der Waals surface area contributed by atoms with E-state index in [1.165, 1.54) is 38.9 Å². The van der Waals surface area contributed by atoms with Crippen molar-refractivity contribution in [1.82, 2.24) is 0 Å². The fourth-order valence-corrected chi connectivity index (χ4v) is 3.86. The number of rotatable bonds is 4. The molecule has 0 unspecified atom stereocenters. The Hall–Kier alpha value is -2.74. The summed E-state index contributed by atoms with van der Waals surface area (Å²) in [5.74, 6) is 1.85. The highest BCUT2D eigenvalue weighted by atomic mass is 16.5. The molecule has 0 N–H and O–H groups in total. The zero-order valence-electron chi connectivity index (χ0n) is 17.4. The third kappa shape index (κ3) is 3.44. The van der Waals surface area contributed by atoms with Crippen LogP contribution in [0.2, 0.25) is 0 Å². The third-order valence-corrected chi connectivity index (χ3v) is 5.50. The highest BCUT2D eigenvalue weighted by molar-refractivity contribution is 5.82. The Balaban J connectivity index is 2.22. The van der Waals surface area contributed by atoms with Crippen LogP contribution in [0.5, 0.6) is 11.5 Å². The number of hydrogen-bond donors (Lipinski definition) is 0. The van der Waals surface area contributed by atoms with Crippen LogP contribution in [-0.2, 0) is 0 Å². The van der Waals surface area contributed by atoms with Crippen molar-refractivity contribution in [3.8, 4) is 33.8 Å². The summed E-state index contributed by atoms with van der Waals surface area (Å²) in [5.41, 5.74) is 11.3. The predicted molar refractivity (Wildman–Crippen MR) is 114 cm³/mol. The SMILES string of the molecule is COc1ccc(-c2cc(C)c(C)c(-c3ccc(OC)c(C)c3)c2C)cc1C. The molecule has 3 aromatic carbocycles. The maximum absolute atomic E-state index is 5.44. The molecule has 0 amide bonds. The fraction of sp³-hybridized carbons (Fsp3) is 0.280. The average Bonchev–Trinajstić information content (AvgIpc) is 2.65. The lowest BCUT2D eigenvalue weighted by molar-refractivity contribution is 0.411. The molecule has 3 rings (SSSR count). The summed E-state index contributed by atoms with van der Waals surface area (Å²) >= 11 is 0. The molecule has 2 nitrogen and oxygen atoms in total. The molecule has 0 fully saturated rings. The molecule has 0 aliphatic carbocycles. The quantitative estimate of drug-likeness (QED) is 0.523. The van der Waals surface area contributed by atoms with Crippen molar-refractivity contribution in [3.05, 3.63) is 70.3 Å². The first-order valence-electron chi connectivity index (χ1n) is 9.28. The van der Waals surface area contributed by atoms with Crippen LogP contribution < -0.4 is 9.47 Å². The Kier molecular flexibility index (Phi) is 5.27. The largest absolute Gasteiger partial charge is 0.496 e. The van der Waals surface area contributed by atoms with Gasteiger partial charge in [0.15, 0.2) is 0 Å². The van der Waals surface area contributed by atoms with Crippen LogP contribution >= 0.6 is 0 Å². The van der Waals surface area contributed by atoms with Crippen molar-refractivity contribution in [2.24, 2.45) is 0 Å². The van der Waals surface area contributed by atoms with E-state index in [0.717, 1.165) is 22.6 Å². The molecule has 27 heavy (non-hydrogen) atoms. The lowest BCUT2D eigenvalue weighted by Gasteiger charge is -2.19. The number of methoxy groups -OCH3 is 2. The number of hydrogen-bond acceptors (Lipinski definition) is 2. The van der Waals surface area contributed by atoms with Gasteiger partial charge in [-0.05, 0) is 109 Å². The first-order valence-corrected chi connectivity index (χ1v) is 9.28. The van der Waals surface area contributed by atoms with Gasteiger partial charge in [0.2, 0.25) is 0 Å². The van der Waals surface area contributed by atoms with Gasteiger partial charge in [-0.15, -0.1) is 0 Å². The van der Waals surface area contributed by atoms with Crippen molar-refractivity contribution in [2.45, 2.75) is 34.6 Å². The van der Waals surface area contributed by atoms with Gasteiger partial charge in [0, 0.05) is 0 Å². The Bertz CT molecular complexity index is 1000. The normalized spacial score (nSPS) is 10.8. The first-order chi connectivity index (χ1) is 12.9. The summed E-state index contributed by atoms with van der Waals surface area (Å²) in [5, 5.41) is 0. The summed E-state index contributed by atoms with van der Waals surface area (Å²) in [6, 6.07) is 15.1. The van der Waals surface area contributed by atoms with Gasteiger partial charge in [0.1, 0.15) is 11.5 Å². The number of ether oxygens (including phenoxy) is 2. The second-order valence-corrected chi connectivity index (χ2v) is 7.23. The monoisotopic (exact) mass is 360 g/mol. The van der Waals surface area contributed by atoms with Crippen LogP contribution in [0, 0.1) is 34.6 Å². The van der Waals surface area contributed by atoms with Gasteiger partial charge in [0.25, 0.3) is 0 Å². The van der Waals surface area contributed by atoms with Crippen LogP contribution in [0.3, 0.4) is 0 Å². The maximum atomic E-state index is 5.44. The molecule has 0 saturated heterocycles. The van der Waals surface area contributed by atoms with Crippen LogP contribution in [-0.4, -0.2) is 14.2 Å². The van der Waals surface area contributed by atoms with Crippen LogP contribution in [0.1, 0.15) is 27.8 Å². The molecule has 2 heteroatoms. The standard InChI is InChI=1S/C25H28O2/c1-15-14-22(20-8-10-23(26-6)16(2)12-20)19(5)25(18(15)4)21-9-11-24(27-7)17(3)13-21/h8-14H,1-7H3.